The number of fused-ring (bicyclic) bond motifs is 1. The molecule has 0 fully saturated rings. The van der Waals surface area contributed by atoms with Gasteiger partial charge in [-0.1, -0.05) is 12.1 Å². The molecule has 0 saturated heterocycles. The summed E-state index contributed by atoms with van der Waals surface area (Å²) in [6, 6.07) is 7.01. The molecule has 0 radical (unpaired) electrons. The number of carbonyl (C=O) groups excluding carboxylic acids is 1. The second-order valence-electron chi connectivity index (χ2n) is 5.59. The molecule has 2 aromatic rings. The van der Waals surface area contributed by atoms with Gasteiger partial charge in [0.15, 0.2) is 5.43 Å². The molecule has 1 aromatic heterocycles. The average molecular weight is 271 g/mol. The van der Waals surface area contributed by atoms with E-state index in [1.54, 1.807) is 24.3 Å². The Labute approximate surface area is 117 Å². The van der Waals surface area contributed by atoms with E-state index in [0.29, 0.717) is 16.5 Å². The predicted octanol–water partition coefficient (Wildman–Crippen LogP) is 2.72. The molecule has 4 heteroatoms. The largest absolute Gasteiger partial charge is 0.463 e. The third kappa shape index (κ3) is 3.35. The Hall–Kier alpha value is -2.36. The Bertz CT molecular complexity index is 720. The quantitative estimate of drug-likeness (QED) is 0.854. The number of nitrogens with one attached hydrogen (secondary N) is 1. The van der Waals surface area contributed by atoms with Gasteiger partial charge in [0.1, 0.15) is 11.8 Å². The molecule has 20 heavy (non-hydrogen) atoms. The fourth-order valence-electron chi connectivity index (χ4n) is 1.78. The van der Waals surface area contributed by atoms with Crippen LogP contribution < -0.4 is 10.7 Å². The number of hydrogen-bond donors (Lipinski definition) is 1. The summed E-state index contributed by atoms with van der Waals surface area (Å²) in [5.41, 5.74) is 0.434. The molecular formula is C16H17NO3. The molecule has 104 valence electrons. The van der Waals surface area contributed by atoms with E-state index < -0.39 is 0 Å². The van der Waals surface area contributed by atoms with Crippen LogP contribution in [0.1, 0.15) is 26.3 Å². The molecule has 1 amide bonds. The summed E-state index contributed by atoms with van der Waals surface area (Å²) in [5.74, 6) is -0.245. The SMILES string of the molecule is CC(C)(C)NC(=O)/C=C/c1coc2ccccc2c1=O. The van der Waals surface area contributed by atoms with Crippen molar-refractivity contribution >= 4 is 23.0 Å². The van der Waals surface area contributed by atoms with Crippen molar-refractivity contribution in [2.45, 2.75) is 26.3 Å². The van der Waals surface area contributed by atoms with Gasteiger partial charge in [0.25, 0.3) is 0 Å². The first kappa shape index (κ1) is 14.1. The summed E-state index contributed by atoms with van der Waals surface area (Å²) in [7, 11) is 0. The lowest BCUT2D eigenvalue weighted by molar-refractivity contribution is -0.117. The van der Waals surface area contributed by atoms with E-state index in [9.17, 15) is 9.59 Å². The maximum absolute atomic E-state index is 12.2. The van der Waals surface area contributed by atoms with Crippen molar-refractivity contribution in [3.63, 3.8) is 0 Å². The first-order valence-electron chi connectivity index (χ1n) is 6.37. The first-order chi connectivity index (χ1) is 9.37. The highest BCUT2D eigenvalue weighted by atomic mass is 16.3. The molecule has 0 aliphatic carbocycles. The standard InChI is InChI=1S/C16H17NO3/c1-16(2,3)17-14(18)9-8-11-10-20-13-7-5-4-6-12(13)15(11)19/h4-10H,1-3H3,(H,17,18)/b9-8+. The van der Waals surface area contributed by atoms with Gasteiger partial charge in [-0.25, -0.2) is 0 Å². The highest BCUT2D eigenvalue weighted by Crippen LogP contribution is 2.11. The Morgan fingerprint density at radius 3 is 2.65 bits per heavy atom. The Balaban J connectivity index is 2.29. The summed E-state index contributed by atoms with van der Waals surface area (Å²) < 4.78 is 5.37. The third-order valence-corrected chi connectivity index (χ3v) is 2.62. The van der Waals surface area contributed by atoms with Crippen molar-refractivity contribution in [2.75, 3.05) is 0 Å². The van der Waals surface area contributed by atoms with E-state index in [0.717, 1.165) is 0 Å². The lowest BCUT2D eigenvalue weighted by Gasteiger charge is -2.18. The van der Waals surface area contributed by atoms with Crippen molar-refractivity contribution < 1.29 is 9.21 Å². The van der Waals surface area contributed by atoms with Gasteiger partial charge < -0.3 is 9.73 Å². The van der Waals surface area contributed by atoms with E-state index in [1.807, 2.05) is 20.8 Å². The molecule has 0 spiro atoms. The van der Waals surface area contributed by atoms with Crippen LogP contribution in [0, 0.1) is 0 Å². The smallest absolute Gasteiger partial charge is 0.244 e. The third-order valence-electron chi connectivity index (χ3n) is 2.62. The maximum Gasteiger partial charge on any atom is 0.244 e. The molecule has 1 heterocycles. The summed E-state index contributed by atoms with van der Waals surface area (Å²) in [6.45, 7) is 5.68. The molecule has 2 rings (SSSR count). The van der Waals surface area contributed by atoms with Crippen molar-refractivity contribution in [1.82, 2.24) is 5.32 Å². The number of carbonyl (C=O) groups is 1. The van der Waals surface area contributed by atoms with E-state index in [4.69, 9.17) is 4.42 Å². The fourth-order valence-corrected chi connectivity index (χ4v) is 1.78. The molecule has 1 N–H and O–H groups in total. The normalized spacial score (nSPS) is 11.9. The Morgan fingerprint density at radius 1 is 1.25 bits per heavy atom. The van der Waals surface area contributed by atoms with Crippen LogP contribution in [0.2, 0.25) is 0 Å². The van der Waals surface area contributed by atoms with Crippen LogP contribution in [0.15, 0.2) is 45.8 Å². The minimum atomic E-state index is -0.310. The van der Waals surface area contributed by atoms with Gasteiger partial charge in [-0.3, -0.25) is 9.59 Å². The van der Waals surface area contributed by atoms with Crippen molar-refractivity contribution in [2.24, 2.45) is 0 Å². The number of amides is 1. The number of benzene rings is 1. The lowest BCUT2D eigenvalue weighted by atomic mass is 10.1. The van der Waals surface area contributed by atoms with Crippen molar-refractivity contribution in [1.29, 1.82) is 0 Å². The van der Waals surface area contributed by atoms with Gasteiger partial charge in [0.05, 0.1) is 10.9 Å². The second-order valence-corrected chi connectivity index (χ2v) is 5.59. The zero-order valence-electron chi connectivity index (χ0n) is 11.8. The summed E-state index contributed by atoms with van der Waals surface area (Å²) in [6.07, 6.45) is 4.18. The van der Waals surface area contributed by atoms with Crippen LogP contribution in [0.25, 0.3) is 17.0 Å². The van der Waals surface area contributed by atoms with E-state index in [-0.39, 0.29) is 16.9 Å². The molecule has 0 atom stereocenters. The molecular weight excluding hydrogens is 254 g/mol. The van der Waals surface area contributed by atoms with Gasteiger partial charge in [-0.2, -0.15) is 0 Å². The van der Waals surface area contributed by atoms with Crippen LogP contribution >= 0.6 is 0 Å². The van der Waals surface area contributed by atoms with Crippen LogP contribution in [-0.4, -0.2) is 11.4 Å². The highest BCUT2D eigenvalue weighted by Gasteiger charge is 2.11. The van der Waals surface area contributed by atoms with E-state index in [1.165, 1.54) is 18.4 Å². The van der Waals surface area contributed by atoms with Crippen LogP contribution in [0.4, 0.5) is 0 Å². The van der Waals surface area contributed by atoms with Crippen LogP contribution in [0.3, 0.4) is 0 Å². The first-order valence-corrected chi connectivity index (χ1v) is 6.37. The molecule has 4 nitrogen and oxygen atoms in total. The zero-order chi connectivity index (χ0) is 14.8. The summed E-state index contributed by atoms with van der Waals surface area (Å²) >= 11 is 0. The van der Waals surface area contributed by atoms with Crippen LogP contribution in [-0.2, 0) is 4.79 Å². The monoisotopic (exact) mass is 271 g/mol. The fraction of sp³-hybridized carbons (Fsp3) is 0.250. The highest BCUT2D eigenvalue weighted by molar-refractivity contribution is 5.92. The van der Waals surface area contributed by atoms with Gasteiger partial charge in [-0.05, 0) is 39.0 Å². The topological polar surface area (TPSA) is 59.3 Å². The minimum absolute atomic E-state index is 0.147. The number of rotatable bonds is 2. The molecule has 1 aromatic carbocycles. The van der Waals surface area contributed by atoms with E-state index >= 15 is 0 Å². The predicted molar refractivity (Wildman–Crippen MR) is 79.4 cm³/mol. The van der Waals surface area contributed by atoms with Crippen molar-refractivity contribution in [3.8, 4) is 0 Å². The Kier molecular flexibility index (Phi) is 3.74. The zero-order valence-corrected chi connectivity index (χ0v) is 11.8. The Morgan fingerprint density at radius 2 is 1.95 bits per heavy atom. The number of para-hydroxylation sites is 1. The van der Waals surface area contributed by atoms with Gasteiger partial charge in [-0.15, -0.1) is 0 Å². The lowest BCUT2D eigenvalue weighted by Crippen LogP contribution is -2.39. The second kappa shape index (κ2) is 5.33. The van der Waals surface area contributed by atoms with Gasteiger partial charge in [0, 0.05) is 11.6 Å². The molecule has 0 aliphatic heterocycles. The molecule has 0 aliphatic rings. The number of hydrogen-bond acceptors (Lipinski definition) is 3. The molecule has 0 saturated carbocycles. The molecule has 0 bridgehead atoms. The summed E-state index contributed by atoms with van der Waals surface area (Å²) in [5, 5.41) is 3.29. The van der Waals surface area contributed by atoms with Gasteiger partial charge in [0.2, 0.25) is 5.91 Å². The van der Waals surface area contributed by atoms with Gasteiger partial charge >= 0.3 is 0 Å². The van der Waals surface area contributed by atoms with E-state index in [2.05, 4.69) is 5.32 Å². The van der Waals surface area contributed by atoms with Crippen molar-refractivity contribution in [3.05, 3.63) is 52.4 Å². The van der Waals surface area contributed by atoms with Crippen LogP contribution in [0.5, 0.6) is 0 Å². The molecule has 0 unspecified atom stereocenters. The average Bonchev–Trinajstić information content (AvgIpc) is 2.36. The summed E-state index contributed by atoms with van der Waals surface area (Å²) in [4.78, 5) is 23.9. The minimum Gasteiger partial charge on any atom is -0.463 e. The maximum atomic E-state index is 12.2.